The van der Waals surface area contributed by atoms with E-state index in [0.29, 0.717) is 0 Å². The highest BCUT2D eigenvalue weighted by molar-refractivity contribution is 5.86. The molecule has 0 heterocycles. The molecule has 3 aliphatic rings. The van der Waals surface area contributed by atoms with Gasteiger partial charge in [0.25, 0.3) is 0 Å². The van der Waals surface area contributed by atoms with Crippen molar-refractivity contribution in [2.75, 3.05) is 5.32 Å². The van der Waals surface area contributed by atoms with Gasteiger partial charge in [-0.3, -0.25) is 0 Å². The smallest absolute Gasteiger partial charge is 0.0387 e. The van der Waals surface area contributed by atoms with Gasteiger partial charge in [0.05, 0.1) is 0 Å². The minimum atomic E-state index is 0.0281. The number of hydrogen-bond acceptors (Lipinski definition) is 1. The van der Waals surface area contributed by atoms with Gasteiger partial charge < -0.3 is 5.32 Å². The highest BCUT2D eigenvalue weighted by atomic mass is 14.9. The van der Waals surface area contributed by atoms with Crippen molar-refractivity contribution >= 4 is 11.4 Å². The lowest BCUT2D eigenvalue weighted by Gasteiger charge is -2.45. The van der Waals surface area contributed by atoms with E-state index in [9.17, 15) is 0 Å². The standard InChI is InChI=1S/C42H33N/c1-3-11-29(12-4-1)30-19-21-35-33-15-7-9-17-37(33)41(39(35)27-30)23-25-42(26-24-41)38-18-10-8-16-34(38)36-22-20-32(28-40(36)42)43-31-13-5-2-6-14-31/h1-22,27-28,43H,23-26H2. The summed E-state index contributed by atoms with van der Waals surface area (Å²) in [5, 5.41) is 3.68. The van der Waals surface area contributed by atoms with Crippen molar-refractivity contribution < 1.29 is 0 Å². The molecule has 0 aliphatic heterocycles. The van der Waals surface area contributed by atoms with Crippen LogP contribution in [0.15, 0.2) is 146 Å². The van der Waals surface area contributed by atoms with E-state index in [1.165, 1.54) is 61.3 Å². The summed E-state index contributed by atoms with van der Waals surface area (Å²) in [7, 11) is 0. The monoisotopic (exact) mass is 551 g/mol. The van der Waals surface area contributed by atoms with Gasteiger partial charge in [-0.25, -0.2) is 0 Å². The van der Waals surface area contributed by atoms with Crippen LogP contribution < -0.4 is 5.32 Å². The third-order valence-electron chi connectivity index (χ3n) is 10.7. The van der Waals surface area contributed by atoms with Crippen molar-refractivity contribution in [3.63, 3.8) is 0 Å². The minimum absolute atomic E-state index is 0.0281. The van der Waals surface area contributed by atoms with E-state index < -0.39 is 0 Å². The molecule has 0 radical (unpaired) electrons. The first-order valence-electron chi connectivity index (χ1n) is 15.6. The second-order valence-corrected chi connectivity index (χ2v) is 12.6. The lowest BCUT2D eigenvalue weighted by molar-refractivity contribution is 0.265. The van der Waals surface area contributed by atoms with Gasteiger partial charge in [-0.05, 0) is 112 Å². The molecule has 0 bridgehead atoms. The molecule has 206 valence electrons. The van der Waals surface area contributed by atoms with Crippen molar-refractivity contribution in [1.29, 1.82) is 0 Å². The number of anilines is 2. The molecule has 1 fully saturated rings. The van der Waals surface area contributed by atoms with Gasteiger partial charge in [-0.15, -0.1) is 0 Å². The molecule has 0 saturated heterocycles. The molecule has 1 nitrogen and oxygen atoms in total. The van der Waals surface area contributed by atoms with Crippen LogP contribution in [0.1, 0.15) is 47.9 Å². The van der Waals surface area contributed by atoms with E-state index >= 15 is 0 Å². The molecule has 1 N–H and O–H groups in total. The number of fused-ring (bicyclic) bond motifs is 10. The second-order valence-electron chi connectivity index (χ2n) is 12.6. The Balaban J connectivity index is 1.15. The van der Waals surface area contributed by atoms with Crippen molar-refractivity contribution in [3.8, 4) is 33.4 Å². The third kappa shape index (κ3) is 3.58. The molecule has 43 heavy (non-hydrogen) atoms. The Bertz CT molecular complexity index is 1990. The van der Waals surface area contributed by atoms with Crippen LogP contribution >= 0.6 is 0 Å². The molecule has 6 aromatic rings. The first-order valence-corrected chi connectivity index (χ1v) is 15.6. The third-order valence-corrected chi connectivity index (χ3v) is 10.7. The highest BCUT2D eigenvalue weighted by Gasteiger charge is 2.53. The molecule has 6 aromatic carbocycles. The summed E-state index contributed by atoms with van der Waals surface area (Å²) in [5.74, 6) is 0. The average Bonchev–Trinajstić information content (AvgIpc) is 3.50. The second kappa shape index (κ2) is 9.31. The molecular formula is C42H33N. The van der Waals surface area contributed by atoms with Crippen LogP contribution in [0, 0.1) is 0 Å². The molecule has 3 aliphatic carbocycles. The van der Waals surface area contributed by atoms with Crippen LogP contribution in [0.2, 0.25) is 0 Å². The molecule has 1 heteroatoms. The van der Waals surface area contributed by atoms with Gasteiger partial charge >= 0.3 is 0 Å². The molecule has 0 aromatic heterocycles. The maximum atomic E-state index is 3.68. The number of para-hydroxylation sites is 1. The molecule has 2 spiro atoms. The Morgan fingerprint density at radius 3 is 1.47 bits per heavy atom. The maximum absolute atomic E-state index is 3.68. The van der Waals surface area contributed by atoms with Crippen LogP contribution in [0.3, 0.4) is 0 Å². The van der Waals surface area contributed by atoms with Crippen LogP contribution in [0.25, 0.3) is 33.4 Å². The van der Waals surface area contributed by atoms with E-state index in [1.54, 1.807) is 0 Å². The summed E-state index contributed by atoms with van der Waals surface area (Å²) in [4.78, 5) is 0. The zero-order valence-corrected chi connectivity index (χ0v) is 24.2. The number of hydrogen-bond donors (Lipinski definition) is 1. The van der Waals surface area contributed by atoms with Crippen LogP contribution in [-0.2, 0) is 10.8 Å². The lowest BCUT2D eigenvalue weighted by Crippen LogP contribution is -2.39. The summed E-state index contributed by atoms with van der Waals surface area (Å²) >= 11 is 0. The molecule has 0 atom stereocenters. The van der Waals surface area contributed by atoms with Gasteiger partial charge in [0.1, 0.15) is 0 Å². The average molecular weight is 552 g/mol. The molecule has 9 rings (SSSR count). The van der Waals surface area contributed by atoms with E-state index in [1.807, 2.05) is 0 Å². The number of nitrogens with one attached hydrogen (secondary N) is 1. The Morgan fingerprint density at radius 2 is 0.837 bits per heavy atom. The highest BCUT2D eigenvalue weighted by Crippen LogP contribution is 2.64. The molecule has 1 saturated carbocycles. The Labute approximate surface area is 253 Å². The number of benzene rings is 6. The fourth-order valence-corrected chi connectivity index (χ4v) is 8.67. The van der Waals surface area contributed by atoms with Gasteiger partial charge in [0.2, 0.25) is 0 Å². The first kappa shape index (κ1) is 24.7. The van der Waals surface area contributed by atoms with Crippen molar-refractivity contribution in [3.05, 3.63) is 168 Å². The zero-order chi connectivity index (χ0) is 28.4. The largest absolute Gasteiger partial charge is 0.356 e. The first-order chi connectivity index (χ1) is 21.3. The summed E-state index contributed by atoms with van der Waals surface area (Å²) in [6.45, 7) is 0. The summed E-state index contributed by atoms with van der Waals surface area (Å²) < 4.78 is 0. The lowest BCUT2D eigenvalue weighted by atomic mass is 9.57. The SMILES string of the molecule is c1ccc(Nc2ccc3c(c2)C2(CCC4(CC2)c2ccccc2-c2ccc(-c5ccccc5)cc24)c2ccccc2-3)cc1. The predicted octanol–water partition coefficient (Wildman–Crippen LogP) is 10.9. The van der Waals surface area contributed by atoms with Crippen molar-refractivity contribution in [2.45, 2.75) is 36.5 Å². The van der Waals surface area contributed by atoms with Gasteiger partial charge in [0, 0.05) is 22.2 Å². The Hall–Kier alpha value is -4.88. The van der Waals surface area contributed by atoms with Crippen molar-refractivity contribution in [2.24, 2.45) is 0 Å². The van der Waals surface area contributed by atoms with Crippen molar-refractivity contribution in [1.82, 2.24) is 0 Å². The molecule has 0 amide bonds. The zero-order valence-electron chi connectivity index (χ0n) is 24.2. The maximum Gasteiger partial charge on any atom is 0.0387 e. The Kier molecular flexibility index (Phi) is 5.35. The van der Waals surface area contributed by atoms with E-state index in [2.05, 4.69) is 151 Å². The summed E-state index contributed by atoms with van der Waals surface area (Å²) in [6.07, 6.45) is 4.54. The quantitative estimate of drug-likeness (QED) is 0.231. The predicted molar refractivity (Wildman–Crippen MR) is 179 cm³/mol. The minimum Gasteiger partial charge on any atom is -0.356 e. The van der Waals surface area contributed by atoms with E-state index in [4.69, 9.17) is 0 Å². The molecular weight excluding hydrogens is 518 g/mol. The fraction of sp³-hybridized carbons (Fsp3) is 0.143. The molecule has 0 unspecified atom stereocenters. The topological polar surface area (TPSA) is 12.0 Å². The summed E-state index contributed by atoms with van der Waals surface area (Å²) in [5.41, 5.74) is 16.7. The van der Waals surface area contributed by atoms with Gasteiger partial charge in [0.15, 0.2) is 0 Å². The van der Waals surface area contributed by atoms with Crippen LogP contribution in [0.5, 0.6) is 0 Å². The van der Waals surface area contributed by atoms with Crippen LogP contribution in [-0.4, -0.2) is 0 Å². The van der Waals surface area contributed by atoms with Gasteiger partial charge in [-0.2, -0.15) is 0 Å². The van der Waals surface area contributed by atoms with E-state index in [0.717, 1.165) is 31.4 Å². The summed E-state index contributed by atoms with van der Waals surface area (Å²) in [6, 6.07) is 54.1. The Morgan fingerprint density at radius 1 is 0.349 bits per heavy atom. The van der Waals surface area contributed by atoms with Gasteiger partial charge in [-0.1, -0.05) is 115 Å². The van der Waals surface area contributed by atoms with E-state index in [-0.39, 0.29) is 10.8 Å². The normalized spacial score (nSPS) is 20.8. The van der Waals surface area contributed by atoms with Crippen LogP contribution in [0.4, 0.5) is 11.4 Å². The number of rotatable bonds is 3. The fourth-order valence-electron chi connectivity index (χ4n) is 8.67.